The summed E-state index contributed by atoms with van der Waals surface area (Å²) in [5, 5.41) is 8.18. The molecule has 238 valence electrons. The van der Waals surface area contributed by atoms with Crippen LogP contribution in [0.15, 0.2) is 84.9 Å². The normalized spacial score (nSPS) is 15.9. The van der Waals surface area contributed by atoms with Crippen LogP contribution in [-0.2, 0) is 32.0 Å². The van der Waals surface area contributed by atoms with Gasteiger partial charge in [0, 0.05) is 24.5 Å². The third kappa shape index (κ3) is 9.32. The van der Waals surface area contributed by atoms with Crippen LogP contribution in [0.4, 0.5) is 16.2 Å². The van der Waals surface area contributed by atoms with E-state index in [0.717, 1.165) is 11.6 Å². The lowest BCUT2D eigenvalue weighted by Gasteiger charge is -2.29. The van der Waals surface area contributed by atoms with E-state index in [0.29, 0.717) is 22.5 Å². The molecule has 4 rings (SSSR count). The molecule has 0 bridgehead atoms. The van der Waals surface area contributed by atoms with Gasteiger partial charge in [-0.15, -0.1) is 0 Å². The predicted octanol–water partition coefficient (Wildman–Crippen LogP) is 4.21. The second-order valence-electron chi connectivity index (χ2n) is 11.5. The Labute approximate surface area is 262 Å². The van der Waals surface area contributed by atoms with Gasteiger partial charge in [-0.05, 0) is 49.6 Å². The molecular weight excluding hydrogens is 598 g/mol. The van der Waals surface area contributed by atoms with Crippen molar-refractivity contribution in [3.8, 4) is 0 Å². The summed E-state index contributed by atoms with van der Waals surface area (Å²) in [6.45, 7) is 5.34. The van der Waals surface area contributed by atoms with E-state index >= 15 is 0 Å². The third-order valence-electron chi connectivity index (χ3n) is 6.62. The number of rotatable bonds is 10. The first-order valence-electron chi connectivity index (χ1n) is 14.1. The van der Waals surface area contributed by atoms with Crippen molar-refractivity contribution in [1.29, 1.82) is 0 Å². The quantitative estimate of drug-likeness (QED) is 0.161. The van der Waals surface area contributed by atoms with Crippen LogP contribution in [0.1, 0.15) is 37.5 Å². The molecule has 0 spiro atoms. The van der Waals surface area contributed by atoms with Gasteiger partial charge in [0.15, 0.2) is 6.10 Å². The molecule has 13 heteroatoms. The van der Waals surface area contributed by atoms with Crippen LogP contribution in [0.2, 0.25) is 0 Å². The number of hydrogen-bond donors (Lipinski definition) is 7. The number of anilines is 2. The summed E-state index contributed by atoms with van der Waals surface area (Å²) in [4.78, 5) is 51.7. The number of carbonyl (C=O) groups is 4. The van der Waals surface area contributed by atoms with Gasteiger partial charge in [0.1, 0.15) is 6.04 Å². The molecule has 12 nitrogen and oxygen atoms in total. The van der Waals surface area contributed by atoms with Gasteiger partial charge < -0.3 is 26.4 Å². The van der Waals surface area contributed by atoms with Crippen LogP contribution in [0, 0.1) is 0 Å². The molecule has 1 heterocycles. The molecular formula is C32H37N5O7S. The van der Waals surface area contributed by atoms with Crippen LogP contribution in [0.25, 0.3) is 4.91 Å². The van der Waals surface area contributed by atoms with E-state index < -0.39 is 52.3 Å². The summed E-state index contributed by atoms with van der Waals surface area (Å²) in [6, 6.07) is 21.0. The Morgan fingerprint density at radius 3 is 2.11 bits per heavy atom. The van der Waals surface area contributed by atoms with Gasteiger partial charge in [0.25, 0.3) is 11.8 Å². The Balaban J connectivity index is 1.59. The number of ether oxygens (including phenoxy) is 1. The lowest BCUT2D eigenvalue weighted by molar-refractivity contribution is -0.132. The molecule has 0 saturated heterocycles. The number of amides is 4. The highest BCUT2D eigenvalue weighted by Crippen LogP contribution is 2.52. The highest BCUT2D eigenvalue weighted by Gasteiger charge is 2.31. The van der Waals surface area contributed by atoms with Crippen LogP contribution < -0.4 is 26.4 Å². The minimum absolute atomic E-state index is 0.0172. The first-order valence-corrected chi connectivity index (χ1v) is 15.6. The van der Waals surface area contributed by atoms with Crippen molar-refractivity contribution in [2.45, 2.75) is 51.3 Å². The van der Waals surface area contributed by atoms with Crippen LogP contribution in [0.5, 0.6) is 0 Å². The molecule has 0 fully saturated rings. The molecule has 1 aliphatic heterocycles. The summed E-state index contributed by atoms with van der Waals surface area (Å²) in [5.74, 6) is -1.86. The monoisotopic (exact) mass is 635 g/mol. The summed E-state index contributed by atoms with van der Waals surface area (Å²) < 4.78 is 28.1. The van der Waals surface area contributed by atoms with Crippen LogP contribution in [-0.4, -0.2) is 50.6 Å². The summed E-state index contributed by atoms with van der Waals surface area (Å²) in [7, 11) is -3.47. The zero-order chi connectivity index (χ0) is 32.8. The van der Waals surface area contributed by atoms with E-state index in [1.165, 1.54) is 0 Å². The van der Waals surface area contributed by atoms with E-state index in [2.05, 4.69) is 20.7 Å². The van der Waals surface area contributed by atoms with Crippen molar-refractivity contribution in [3.05, 3.63) is 102 Å². The first kappa shape index (κ1) is 33.1. The fraction of sp³-hybridized carbons (Fsp3) is 0.250. The minimum atomic E-state index is -3.47. The van der Waals surface area contributed by atoms with Crippen molar-refractivity contribution in [2.24, 2.45) is 0 Å². The Bertz CT molecular complexity index is 1590. The number of carbonyl (C=O) groups excluding carboxylic acids is 4. The average Bonchev–Trinajstić information content (AvgIpc) is 3.24. The predicted molar refractivity (Wildman–Crippen MR) is 174 cm³/mol. The van der Waals surface area contributed by atoms with E-state index in [9.17, 15) is 28.3 Å². The lowest BCUT2D eigenvalue weighted by Crippen LogP contribution is -2.51. The van der Waals surface area contributed by atoms with E-state index in [1.807, 2.05) is 6.07 Å². The van der Waals surface area contributed by atoms with Gasteiger partial charge in [-0.25, -0.2) is 9.52 Å². The topological polar surface area (TPSA) is 192 Å². The number of hydrogen-bond acceptors (Lipinski definition) is 8. The van der Waals surface area contributed by atoms with Crippen LogP contribution >= 0.6 is 10.8 Å². The Morgan fingerprint density at radius 1 is 0.889 bits per heavy atom. The maximum Gasteiger partial charge on any atom is 0.408 e. The third-order valence-corrected chi connectivity index (χ3v) is 8.08. The molecule has 0 aliphatic carbocycles. The van der Waals surface area contributed by atoms with Gasteiger partial charge in [-0.2, -0.15) is 0 Å². The second-order valence-corrected chi connectivity index (χ2v) is 13.3. The Kier molecular flexibility index (Phi) is 10.2. The molecule has 0 unspecified atom stereocenters. The molecule has 0 aromatic heterocycles. The van der Waals surface area contributed by atoms with Crippen LogP contribution in [0.3, 0.4) is 0 Å². The largest absolute Gasteiger partial charge is 0.436 e. The molecule has 3 aromatic carbocycles. The van der Waals surface area contributed by atoms with E-state index in [4.69, 9.17) is 10.5 Å². The number of nitrogens with one attached hydrogen (secondary N) is 4. The molecule has 0 radical (unpaired) electrons. The average molecular weight is 636 g/mol. The highest BCUT2D eigenvalue weighted by atomic mass is 32.3. The molecule has 2 atom stereocenters. The van der Waals surface area contributed by atoms with Crippen molar-refractivity contribution in [2.75, 3.05) is 11.1 Å². The van der Waals surface area contributed by atoms with Gasteiger partial charge in [-0.3, -0.25) is 23.5 Å². The van der Waals surface area contributed by atoms with E-state index in [1.54, 1.807) is 93.6 Å². The Morgan fingerprint density at radius 2 is 1.51 bits per heavy atom. The minimum Gasteiger partial charge on any atom is -0.436 e. The van der Waals surface area contributed by atoms with Gasteiger partial charge in [-0.1, -0.05) is 77.5 Å². The molecule has 45 heavy (non-hydrogen) atoms. The highest BCUT2D eigenvalue weighted by molar-refractivity contribution is 8.31. The standard InChI is InChI=1S/C32H37N5O7S/c1-32(2,3)36-31(41)44-26(18-20-9-5-4-6-10-20)30(40)35-25(29(39)34-24-12-8-7-11-23(24)33)17-21-13-15-22(16-14-21)27-19-28(38)37-45(27,42)43/h4-16,19,25-26,42-43H,17-18,33H2,1-3H3,(H,34,39)(H,35,40)(H,36,41)(H,37,38)/t25-,26-/m0/s1. The molecule has 4 amide bonds. The van der Waals surface area contributed by atoms with E-state index in [-0.39, 0.29) is 17.7 Å². The zero-order valence-electron chi connectivity index (χ0n) is 25.1. The summed E-state index contributed by atoms with van der Waals surface area (Å²) >= 11 is 0. The molecule has 1 aliphatic rings. The fourth-order valence-corrected chi connectivity index (χ4v) is 5.69. The molecule has 0 saturated carbocycles. The van der Waals surface area contributed by atoms with Crippen molar-refractivity contribution in [1.82, 2.24) is 15.4 Å². The molecule has 8 N–H and O–H groups in total. The second kappa shape index (κ2) is 13.8. The van der Waals surface area contributed by atoms with Gasteiger partial charge >= 0.3 is 6.09 Å². The van der Waals surface area contributed by atoms with Crippen molar-refractivity contribution >= 4 is 50.9 Å². The fourth-order valence-electron chi connectivity index (χ4n) is 4.50. The smallest absolute Gasteiger partial charge is 0.408 e. The number of para-hydroxylation sites is 2. The number of nitrogens with two attached hydrogens (primary N) is 1. The summed E-state index contributed by atoms with van der Waals surface area (Å²) in [5.41, 5.74) is 7.87. The zero-order valence-corrected chi connectivity index (χ0v) is 25.9. The number of alkyl carbamates (subject to hydrolysis) is 1. The molecule has 3 aromatic rings. The number of nitrogen functional groups attached to an aromatic ring is 1. The van der Waals surface area contributed by atoms with Crippen molar-refractivity contribution in [3.63, 3.8) is 0 Å². The first-order chi connectivity index (χ1) is 21.2. The van der Waals surface area contributed by atoms with Gasteiger partial charge in [0.05, 0.1) is 16.3 Å². The van der Waals surface area contributed by atoms with Gasteiger partial charge in [0.2, 0.25) is 5.91 Å². The summed E-state index contributed by atoms with van der Waals surface area (Å²) in [6.07, 6.45) is -0.851. The Hall–Kier alpha value is -4.85. The number of benzene rings is 3. The maximum atomic E-state index is 13.7. The van der Waals surface area contributed by atoms with Crippen molar-refractivity contribution < 1.29 is 33.0 Å². The SMILES string of the molecule is CC(C)(C)NC(=O)O[C@@H](Cc1ccccc1)C(=O)N[C@@H](Cc1ccc(C2=CC(=O)NS2(O)O)cc1)C(=O)Nc1ccccc1N. The lowest BCUT2D eigenvalue weighted by atomic mass is 10.0. The maximum absolute atomic E-state index is 13.7.